The second kappa shape index (κ2) is 8.26. The van der Waals surface area contributed by atoms with E-state index >= 15 is 0 Å². The lowest BCUT2D eigenvalue weighted by Gasteiger charge is -2.15. The van der Waals surface area contributed by atoms with Gasteiger partial charge in [0.15, 0.2) is 0 Å². The summed E-state index contributed by atoms with van der Waals surface area (Å²) in [4.78, 5) is 12.0. The third-order valence-corrected chi connectivity index (χ3v) is 3.84. The van der Waals surface area contributed by atoms with Gasteiger partial charge < -0.3 is 21.1 Å². The summed E-state index contributed by atoms with van der Waals surface area (Å²) >= 11 is 0. The number of anilines is 2. The largest absolute Gasteiger partial charge is 0.380 e. The molecule has 0 spiro atoms. The van der Waals surface area contributed by atoms with E-state index in [1.165, 1.54) is 6.07 Å². The maximum Gasteiger partial charge on any atom is 0.241 e. The van der Waals surface area contributed by atoms with Crippen molar-refractivity contribution < 1.29 is 13.9 Å². The predicted octanol–water partition coefficient (Wildman–Crippen LogP) is 2.73. The Labute approximate surface area is 136 Å². The molecular formula is C17H26FN3O2. The Morgan fingerprint density at radius 3 is 2.87 bits per heavy atom. The molecule has 1 amide bonds. The normalized spacial score (nSPS) is 18.9. The fraction of sp³-hybridized carbons (Fsp3) is 0.588. The molecule has 128 valence electrons. The lowest BCUT2D eigenvalue weighted by atomic mass is 10.0. The van der Waals surface area contributed by atoms with Crippen LogP contribution in [0.3, 0.4) is 0 Å². The van der Waals surface area contributed by atoms with Crippen molar-refractivity contribution in [2.75, 3.05) is 23.8 Å². The summed E-state index contributed by atoms with van der Waals surface area (Å²) in [5, 5.41) is 5.70. The van der Waals surface area contributed by atoms with E-state index in [2.05, 4.69) is 10.6 Å². The van der Waals surface area contributed by atoms with E-state index in [9.17, 15) is 9.18 Å². The number of amides is 1. The van der Waals surface area contributed by atoms with Crippen LogP contribution in [0, 0.1) is 11.7 Å². The maximum atomic E-state index is 14.1. The Morgan fingerprint density at radius 2 is 2.26 bits per heavy atom. The van der Waals surface area contributed by atoms with Gasteiger partial charge in [-0.3, -0.25) is 4.79 Å². The van der Waals surface area contributed by atoms with Crippen molar-refractivity contribution in [2.24, 2.45) is 11.7 Å². The van der Waals surface area contributed by atoms with Gasteiger partial charge in [-0.15, -0.1) is 0 Å². The second-order valence-electron chi connectivity index (χ2n) is 6.44. The van der Waals surface area contributed by atoms with E-state index in [1.54, 1.807) is 12.1 Å². The van der Waals surface area contributed by atoms with Gasteiger partial charge in [-0.05, 0) is 43.4 Å². The van der Waals surface area contributed by atoms with E-state index in [4.69, 9.17) is 10.5 Å². The van der Waals surface area contributed by atoms with Crippen LogP contribution < -0.4 is 16.4 Å². The molecule has 23 heavy (non-hydrogen) atoms. The minimum atomic E-state index is -0.588. The van der Waals surface area contributed by atoms with Gasteiger partial charge in [0.2, 0.25) is 5.91 Å². The van der Waals surface area contributed by atoms with Crippen LogP contribution in [0.5, 0.6) is 0 Å². The Balaban J connectivity index is 1.89. The topological polar surface area (TPSA) is 76.4 Å². The third kappa shape index (κ3) is 5.48. The quantitative estimate of drug-likeness (QED) is 0.721. The molecule has 2 atom stereocenters. The molecule has 0 aliphatic carbocycles. The number of carbonyl (C=O) groups is 1. The minimum Gasteiger partial charge on any atom is -0.380 e. The Hall–Kier alpha value is -1.66. The zero-order chi connectivity index (χ0) is 16.8. The van der Waals surface area contributed by atoms with E-state index < -0.39 is 11.9 Å². The van der Waals surface area contributed by atoms with Crippen molar-refractivity contribution in [1.29, 1.82) is 0 Å². The van der Waals surface area contributed by atoms with Gasteiger partial charge in [-0.25, -0.2) is 4.39 Å². The molecule has 1 aromatic rings. The summed E-state index contributed by atoms with van der Waals surface area (Å²) in [6.45, 7) is 5.36. The van der Waals surface area contributed by atoms with Gasteiger partial charge in [0, 0.05) is 18.8 Å². The molecule has 2 rings (SSSR count). The summed E-state index contributed by atoms with van der Waals surface area (Å²) in [6, 6.07) is 4.00. The van der Waals surface area contributed by atoms with Crippen LogP contribution in [-0.2, 0) is 9.53 Å². The van der Waals surface area contributed by atoms with E-state index in [0.29, 0.717) is 30.3 Å². The van der Waals surface area contributed by atoms with Crippen molar-refractivity contribution in [3.63, 3.8) is 0 Å². The Bertz CT molecular complexity index is 531. The Kier molecular flexibility index (Phi) is 6.36. The smallest absolute Gasteiger partial charge is 0.241 e. The molecule has 0 saturated carbocycles. The number of hydrogen-bond donors (Lipinski definition) is 3. The number of nitrogens with one attached hydrogen (secondary N) is 2. The van der Waals surface area contributed by atoms with Crippen molar-refractivity contribution >= 4 is 17.3 Å². The maximum absolute atomic E-state index is 14.1. The molecule has 5 nitrogen and oxygen atoms in total. The predicted molar refractivity (Wildman–Crippen MR) is 89.9 cm³/mol. The molecule has 1 aromatic carbocycles. The fourth-order valence-electron chi connectivity index (χ4n) is 2.62. The van der Waals surface area contributed by atoms with Crippen LogP contribution >= 0.6 is 0 Å². The first-order valence-electron chi connectivity index (χ1n) is 8.17. The van der Waals surface area contributed by atoms with E-state index in [1.807, 2.05) is 13.8 Å². The number of hydrogen-bond acceptors (Lipinski definition) is 4. The number of halogens is 1. The zero-order valence-electron chi connectivity index (χ0n) is 13.8. The lowest BCUT2D eigenvalue weighted by Crippen LogP contribution is -2.36. The molecule has 1 heterocycles. The molecule has 0 bridgehead atoms. The molecule has 0 radical (unpaired) electrons. The highest BCUT2D eigenvalue weighted by molar-refractivity contribution is 5.94. The minimum absolute atomic E-state index is 0.141. The zero-order valence-corrected chi connectivity index (χ0v) is 13.8. The standard InChI is InChI=1S/C17H26FN3O2/c1-11(2)8-15(19)17(22)21-12-5-6-16(14(18)9-12)20-10-13-4-3-7-23-13/h5-6,9,11,13,15,20H,3-4,7-8,10,19H2,1-2H3,(H,21,22)/t13?,15-/m0/s1. The highest BCUT2D eigenvalue weighted by atomic mass is 19.1. The van der Waals surface area contributed by atoms with Gasteiger partial charge >= 0.3 is 0 Å². The SMILES string of the molecule is CC(C)C[C@H](N)C(=O)Nc1ccc(NCC2CCCO2)c(F)c1. The summed E-state index contributed by atoms with van der Waals surface area (Å²) in [6.07, 6.45) is 2.78. The average Bonchev–Trinajstić information content (AvgIpc) is 2.99. The monoisotopic (exact) mass is 323 g/mol. The number of rotatable bonds is 7. The average molecular weight is 323 g/mol. The highest BCUT2D eigenvalue weighted by Gasteiger charge is 2.17. The molecule has 4 N–H and O–H groups in total. The molecule has 1 unspecified atom stereocenters. The van der Waals surface area contributed by atoms with Gasteiger partial charge in [-0.1, -0.05) is 13.8 Å². The van der Waals surface area contributed by atoms with Crippen molar-refractivity contribution in [3.8, 4) is 0 Å². The number of benzene rings is 1. The summed E-state index contributed by atoms with van der Waals surface area (Å²) in [5.74, 6) is -0.367. The first-order chi connectivity index (χ1) is 11.0. The molecule has 1 saturated heterocycles. The van der Waals surface area contributed by atoms with Crippen molar-refractivity contribution in [3.05, 3.63) is 24.0 Å². The van der Waals surface area contributed by atoms with Gasteiger partial charge in [0.05, 0.1) is 17.8 Å². The second-order valence-corrected chi connectivity index (χ2v) is 6.44. The van der Waals surface area contributed by atoms with Crippen LogP contribution in [0.4, 0.5) is 15.8 Å². The molecule has 0 aromatic heterocycles. The number of carbonyl (C=O) groups excluding carboxylic acids is 1. The van der Waals surface area contributed by atoms with Crippen LogP contribution in [-0.4, -0.2) is 31.2 Å². The Morgan fingerprint density at radius 1 is 1.48 bits per heavy atom. The lowest BCUT2D eigenvalue weighted by molar-refractivity contribution is -0.117. The summed E-state index contributed by atoms with van der Waals surface area (Å²) in [7, 11) is 0. The molecule has 1 fully saturated rings. The highest BCUT2D eigenvalue weighted by Crippen LogP contribution is 2.20. The van der Waals surface area contributed by atoms with E-state index in [-0.39, 0.29) is 12.0 Å². The number of ether oxygens (including phenoxy) is 1. The molecular weight excluding hydrogens is 297 g/mol. The first-order valence-corrected chi connectivity index (χ1v) is 8.17. The van der Waals surface area contributed by atoms with Gasteiger partial charge in [0.25, 0.3) is 0 Å². The van der Waals surface area contributed by atoms with Crippen molar-refractivity contribution in [2.45, 2.75) is 45.3 Å². The molecule has 1 aliphatic heterocycles. The third-order valence-electron chi connectivity index (χ3n) is 3.84. The molecule has 6 heteroatoms. The molecule has 1 aliphatic rings. The number of nitrogens with two attached hydrogens (primary N) is 1. The van der Waals surface area contributed by atoms with Crippen LogP contribution in [0.15, 0.2) is 18.2 Å². The summed E-state index contributed by atoms with van der Waals surface area (Å²) < 4.78 is 19.6. The van der Waals surface area contributed by atoms with Crippen LogP contribution in [0.2, 0.25) is 0 Å². The van der Waals surface area contributed by atoms with Crippen molar-refractivity contribution in [1.82, 2.24) is 0 Å². The van der Waals surface area contributed by atoms with Gasteiger partial charge in [0.1, 0.15) is 5.82 Å². The van der Waals surface area contributed by atoms with Crippen LogP contribution in [0.25, 0.3) is 0 Å². The fourth-order valence-corrected chi connectivity index (χ4v) is 2.62. The van der Waals surface area contributed by atoms with Crippen LogP contribution in [0.1, 0.15) is 33.1 Å². The summed E-state index contributed by atoms with van der Waals surface area (Å²) in [5.41, 5.74) is 6.64. The first kappa shape index (κ1) is 17.7. The van der Waals surface area contributed by atoms with Gasteiger partial charge in [-0.2, -0.15) is 0 Å². The van der Waals surface area contributed by atoms with E-state index in [0.717, 1.165) is 19.4 Å².